The van der Waals surface area contributed by atoms with Crippen LogP contribution in [-0.4, -0.2) is 44.6 Å². The summed E-state index contributed by atoms with van der Waals surface area (Å²) in [6.45, 7) is 6.73. The van der Waals surface area contributed by atoms with Gasteiger partial charge in [-0.3, -0.25) is 4.79 Å². The zero-order valence-corrected chi connectivity index (χ0v) is 21.5. The minimum absolute atomic E-state index is 0.320. The SMILES string of the molecule is CN(C)c1ccc(COCC2CC[C@H]3[C@@H]4CC[C@H]5N(C)C(=O)CC[C@]5(C)[C@H]4CC[C@]23C)cc1. The molecule has 1 aromatic rings. The fourth-order valence-corrected chi connectivity index (χ4v) is 8.74. The highest BCUT2D eigenvalue weighted by Crippen LogP contribution is 2.66. The molecule has 1 unspecified atom stereocenters. The van der Waals surface area contributed by atoms with Crippen LogP contribution in [0, 0.1) is 34.5 Å². The third-order valence-electron chi connectivity index (χ3n) is 10.8. The van der Waals surface area contributed by atoms with Crippen molar-refractivity contribution < 1.29 is 9.53 Å². The van der Waals surface area contributed by atoms with Gasteiger partial charge in [0.1, 0.15) is 0 Å². The Bertz CT molecular complexity index is 867. The number of hydrogen-bond acceptors (Lipinski definition) is 3. The van der Waals surface area contributed by atoms with Crippen LogP contribution in [0.4, 0.5) is 5.69 Å². The Morgan fingerprint density at radius 2 is 1.70 bits per heavy atom. The number of carbonyl (C=O) groups is 1. The topological polar surface area (TPSA) is 32.8 Å². The lowest BCUT2D eigenvalue weighted by molar-refractivity contribution is -0.159. The van der Waals surface area contributed by atoms with E-state index < -0.39 is 0 Å². The van der Waals surface area contributed by atoms with E-state index >= 15 is 0 Å². The Morgan fingerprint density at radius 1 is 0.970 bits per heavy atom. The van der Waals surface area contributed by atoms with E-state index in [0.717, 1.165) is 43.8 Å². The zero-order chi connectivity index (χ0) is 23.4. The van der Waals surface area contributed by atoms with Crippen LogP contribution >= 0.6 is 0 Å². The number of anilines is 1. The van der Waals surface area contributed by atoms with Gasteiger partial charge in [0.2, 0.25) is 5.91 Å². The van der Waals surface area contributed by atoms with Gasteiger partial charge in [0.15, 0.2) is 0 Å². The second-order valence-corrected chi connectivity index (χ2v) is 12.4. The molecule has 0 radical (unpaired) electrons. The lowest BCUT2D eigenvalue weighted by atomic mass is 9.47. The van der Waals surface area contributed by atoms with Crippen molar-refractivity contribution in [3.05, 3.63) is 29.8 Å². The third-order valence-corrected chi connectivity index (χ3v) is 10.8. The highest BCUT2D eigenvalue weighted by molar-refractivity contribution is 5.77. The van der Waals surface area contributed by atoms with Crippen LogP contribution < -0.4 is 4.90 Å². The van der Waals surface area contributed by atoms with E-state index in [9.17, 15) is 4.79 Å². The van der Waals surface area contributed by atoms with E-state index in [1.54, 1.807) is 0 Å². The molecule has 3 saturated carbocycles. The van der Waals surface area contributed by atoms with E-state index in [4.69, 9.17) is 4.74 Å². The maximum Gasteiger partial charge on any atom is 0.222 e. The quantitative estimate of drug-likeness (QED) is 0.570. The average molecular weight is 453 g/mol. The summed E-state index contributed by atoms with van der Waals surface area (Å²) in [5.41, 5.74) is 3.25. The maximum atomic E-state index is 12.4. The molecule has 4 aliphatic rings. The Kier molecular flexibility index (Phi) is 6.04. The van der Waals surface area contributed by atoms with Gasteiger partial charge >= 0.3 is 0 Å². The van der Waals surface area contributed by atoms with Gasteiger partial charge in [0, 0.05) is 39.3 Å². The number of amides is 1. The minimum Gasteiger partial charge on any atom is -0.378 e. The first-order chi connectivity index (χ1) is 15.7. The van der Waals surface area contributed by atoms with Gasteiger partial charge < -0.3 is 14.5 Å². The summed E-state index contributed by atoms with van der Waals surface area (Å²) >= 11 is 0. The first-order valence-electron chi connectivity index (χ1n) is 13.3. The monoisotopic (exact) mass is 452 g/mol. The van der Waals surface area contributed by atoms with Gasteiger partial charge in [-0.1, -0.05) is 26.0 Å². The molecule has 4 fully saturated rings. The zero-order valence-electron chi connectivity index (χ0n) is 21.5. The molecular weight excluding hydrogens is 408 g/mol. The molecule has 0 aromatic heterocycles. The smallest absolute Gasteiger partial charge is 0.222 e. The number of nitrogens with zero attached hydrogens (tertiary/aromatic N) is 2. The first-order valence-corrected chi connectivity index (χ1v) is 13.3. The largest absolute Gasteiger partial charge is 0.378 e. The first kappa shape index (κ1) is 23.2. The van der Waals surface area contributed by atoms with Crippen molar-refractivity contribution in [3.8, 4) is 0 Å². The van der Waals surface area contributed by atoms with Crippen LogP contribution in [0.25, 0.3) is 0 Å². The van der Waals surface area contributed by atoms with Crippen molar-refractivity contribution in [1.29, 1.82) is 0 Å². The molecule has 5 rings (SSSR count). The number of ether oxygens (including phenoxy) is 1. The van der Waals surface area contributed by atoms with E-state index in [2.05, 4.69) is 69.1 Å². The van der Waals surface area contributed by atoms with Crippen molar-refractivity contribution in [3.63, 3.8) is 0 Å². The summed E-state index contributed by atoms with van der Waals surface area (Å²) in [6, 6.07) is 9.22. The summed E-state index contributed by atoms with van der Waals surface area (Å²) in [5.74, 6) is 3.52. The molecule has 3 aliphatic carbocycles. The van der Waals surface area contributed by atoms with Gasteiger partial charge in [0.05, 0.1) is 13.2 Å². The summed E-state index contributed by atoms with van der Waals surface area (Å²) in [5, 5.41) is 0. The molecule has 182 valence electrons. The van der Waals surface area contributed by atoms with Crippen molar-refractivity contribution in [1.82, 2.24) is 4.90 Å². The molecule has 1 amide bonds. The molecule has 4 nitrogen and oxygen atoms in total. The number of piperidine rings is 1. The number of fused-ring (bicyclic) bond motifs is 5. The maximum absolute atomic E-state index is 12.4. The van der Waals surface area contributed by atoms with Crippen LogP contribution in [0.2, 0.25) is 0 Å². The Balaban J connectivity index is 1.23. The number of likely N-dealkylation sites (tertiary alicyclic amines) is 1. The molecule has 33 heavy (non-hydrogen) atoms. The molecular formula is C29H44N2O2. The molecule has 0 spiro atoms. The van der Waals surface area contributed by atoms with E-state index in [1.165, 1.54) is 49.8 Å². The van der Waals surface area contributed by atoms with Crippen LogP contribution in [0.1, 0.15) is 70.8 Å². The fraction of sp³-hybridized carbons (Fsp3) is 0.759. The van der Waals surface area contributed by atoms with Crippen molar-refractivity contribution in [2.45, 2.75) is 77.9 Å². The number of rotatable bonds is 5. The predicted molar refractivity (Wildman–Crippen MR) is 134 cm³/mol. The van der Waals surface area contributed by atoms with E-state index in [-0.39, 0.29) is 0 Å². The van der Waals surface area contributed by atoms with Gasteiger partial charge in [-0.15, -0.1) is 0 Å². The van der Waals surface area contributed by atoms with Gasteiger partial charge in [0.25, 0.3) is 0 Å². The summed E-state index contributed by atoms with van der Waals surface area (Å²) in [7, 11) is 6.22. The summed E-state index contributed by atoms with van der Waals surface area (Å²) in [6.07, 6.45) is 9.75. The highest BCUT2D eigenvalue weighted by Gasteiger charge is 2.61. The number of benzene rings is 1. The molecule has 4 heteroatoms. The molecule has 1 saturated heterocycles. The van der Waals surface area contributed by atoms with Crippen LogP contribution in [0.3, 0.4) is 0 Å². The van der Waals surface area contributed by atoms with Crippen molar-refractivity contribution >= 4 is 11.6 Å². The number of carbonyl (C=O) groups excluding carboxylic acids is 1. The molecule has 1 heterocycles. The van der Waals surface area contributed by atoms with Gasteiger partial charge in [-0.25, -0.2) is 0 Å². The molecule has 0 bridgehead atoms. The minimum atomic E-state index is 0.320. The lowest BCUT2D eigenvalue weighted by Crippen LogP contribution is -2.61. The second kappa shape index (κ2) is 8.59. The highest BCUT2D eigenvalue weighted by atomic mass is 16.5. The summed E-state index contributed by atoms with van der Waals surface area (Å²) < 4.78 is 6.33. The Morgan fingerprint density at radius 3 is 2.42 bits per heavy atom. The molecule has 1 aliphatic heterocycles. The summed E-state index contributed by atoms with van der Waals surface area (Å²) in [4.78, 5) is 16.6. The third kappa shape index (κ3) is 3.81. The van der Waals surface area contributed by atoms with E-state index in [1.807, 2.05) is 0 Å². The Labute approximate surface area is 201 Å². The molecule has 1 aromatic carbocycles. The van der Waals surface area contributed by atoms with E-state index in [0.29, 0.717) is 28.7 Å². The van der Waals surface area contributed by atoms with Crippen molar-refractivity contribution in [2.75, 3.05) is 32.6 Å². The second-order valence-electron chi connectivity index (χ2n) is 12.4. The molecule has 0 N–H and O–H groups in total. The lowest BCUT2D eigenvalue weighted by Gasteiger charge is -2.61. The van der Waals surface area contributed by atoms with Crippen LogP contribution in [0.5, 0.6) is 0 Å². The molecule has 7 atom stereocenters. The van der Waals surface area contributed by atoms with Crippen LogP contribution in [-0.2, 0) is 16.1 Å². The standard InChI is InChI=1S/C29H44N2O2/c1-28-16-14-25-23(11-13-26-29(25,2)17-15-27(32)31(26)5)24(28)12-8-21(28)19-33-18-20-6-9-22(10-7-20)30(3)4/h6-7,9-10,21,23-26H,8,11-19H2,1-5H3/t21?,23-,24-,25-,26+,28+,29+/m0/s1. The fourth-order valence-electron chi connectivity index (χ4n) is 8.74. The number of hydrogen-bond donors (Lipinski definition) is 0. The Hall–Kier alpha value is -1.55. The van der Waals surface area contributed by atoms with Gasteiger partial charge in [-0.05, 0) is 97.1 Å². The normalized spacial score (nSPS) is 40.2. The van der Waals surface area contributed by atoms with Gasteiger partial charge in [-0.2, -0.15) is 0 Å². The van der Waals surface area contributed by atoms with Crippen LogP contribution in [0.15, 0.2) is 24.3 Å². The van der Waals surface area contributed by atoms with Crippen molar-refractivity contribution in [2.24, 2.45) is 34.5 Å². The predicted octanol–water partition coefficient (Wildman–Crippen LogP) is 5.75. The average Bonchev–Trinajstić information content (AvgIpc) is 3.13.